The number of anilines is 1. The number of hydrogen-bond donors (Lipinski definition) is 1. The van der Waals surface area contributed by atoms with E-state index in [1.54, 1.807) is 36.4 Å². The number of amides is 1. The average molecular weight is 528 g/mol. The van der Waals surface area contributed by atoms with Crippen molar-refractivity contribution in [2.45, 2.75) is 13.8 Å². The fourth-order valence-electron chi connectivity index (χ4n) is 3.32. The second kappa shape index (κ2) is 10.2. The molecule has 0 spiro atoms. The van der Waals surface area contributed by atoms with Gasteiger partial charge in [0.1, 0.15) is 6.54 Å². The lowest BCUT2D eigenvalue weighted by atomic mass is 10.2. The van der Waals surface area contributed by atoms with Crippen LogP contribution in [0.1, 0.15) is 17.0 Å². The van der Waals surface area contributed by atoms with Crippen LogP contribution in [0.4, 0.5) is 5.69 Å². The maximum Gasteiger partial charge on any atom is 0.260 e. The second-order valence-electron chi connectivity index (χ2n) is 7.30. The summed E-state index contributed by atoms with van der Waals surface area (Å²) in [7, 11) is -3.72. The van der Waals surface area contributed by atoms with Crippen molar-refractivity contribution in [3.8, 4) is 5.69 Å². The molecule has 2 aromatic carbocycles. The highest BCUT2D eigenvalue weighted by Crippen LogP contribution is 2.28. The number of sulfonamides is 1. The molecule has 0 atom stereocenters. The van der Waals surface area contributed by atoms with Gasteiger partial charge in [-0.2, -0.15) is 5.10 Å². The summed E-state index contributed by atoms with van der Waals surface area (Å²) in [5, 5.41) is 5.45. The number of nitrogens with zero attached hydrogens (tertiary/aromatic N) is 3. The molecular weight excluding hydrogens is 507 g/mol. The van der Waals surface area contributed by atoms with Crippen molar-refractivity contribution >= 4 is 62.6 Å². The van der Waals surface area contributed by atoms with E-state index in [9.17, 15) is 13.2 Å². The quantitative estimate of drug-likeness (QED) is 0.348. The summed E-state index contributed by atoms with van der Waals surface area (Å²) in [6.45, 7) is 3.35. The van der Waals surface area contributed by atoms with Crippen LogP contribution >= 0.6 is 34.8 Å². The standard InChI is InChI=1S/C22H21Cl3N4O3S/c1-14-9-16(15(2)29(14)21-11-18(24)7-8-20(21)25)12-26-27-22(30)13-28(33(3,31)32)19-6-4-5-17(23)10-19/h4-12H,13H2,1-3H3,(H,27,30)/b26-12-. The molecule has 0 saturated carbocycles. The summed E-state index contributed by atoms with van der Waals surface area (Å²) in [6, 6.07) is 13.3. The van der Waals surface area contributed by atoms with Gasteiger partial charge >= 0.3 is 0 Å². The van der Waals surface area contributed by atoms with E-state index in [2.05, 4.69) is 10.5 Å². The first-order valence-electron chi connectivity index (χ1n) is 9.67. The highest BCUT2D eigenvalue weighted by Gasteiger charge is 2.21. The van der Waals surface area contributed by atoms with Crippen LogP contribution < -0.4 is 9.73 Å². The van der Waals surface area contributed by atoms with Crippen molar-refractivity contribution in [2.75, 3.05) is 17.1 Å². The van der Waals surface area contributed by atoms with E-state index in [-0.39, 0.29) is 5.69 Å². The summed E-state index contributed by atoms with van der Waals surface area (Å²) in [5.41, 5.74) is 5.87. The molecule has 0 fully saturated rings. The SMILES string of the molecule is Cc1cc(/C=N\NC(=O)CN(c2cccc(Cl)c2)S(C)(=O)=O)c(C)n1-c1cc(Cl)ccc1Cl. The monoisotopic (exact) mass is 526 g/mol. The number of aryl methyl sites for hydroxylation is 1. The minimum atomic E-state index is -3.72. The molecule has 174 valence electrons. The van der Waals surface area contributed by atoms with Crippen molar-refractivity contribution in [1.82, 2.24) is 9.99 Å². The molecule has 0 aliphatic rings. The Morgan fingerprint density at radius 1 is 1.09 bits per heavy atom. The van der Waals surface area contributed by atoms with Crippen molar-refractivity contribution in [3.05, 3.63) is 80.6 Å². The van der Waals surface area contributed by atoms with Gasteiger partial charge in [0.25, 0.3) is 5.91 Å². The molecule has 0 saturated heterocycles. The fraction of sp³-hybridized carbons (Fsp3) is 0.182. The first-order valence-corrected chi connectivity index (χ1v) is 12.6. The predicted octanol–water partition coefficient (Wildman–Crippen LogP) is 4.97. The maximum atomic E-state index is 12.4. The maximum absolute atomic E-state index is 12.4. The zero-order valence-corrected chi connectivity index (χ0v) is 21.1. The molecule has 1 aromatic heterocycles. The first-order chi connectivity index (χ1) is 15.5. The van der Waals surface area contributed by atoms with Crippen molar-refractivity contribution in [2.24, 2.45) is 5.10 Å². The Morgan fingerprint density at radius 2 is 1.79 bits per heavy atom. The minimum Gasteiger partial charge on any atom is -0.316 e. The highest BCUT2D eigenvalue weighted by atomic mass is 35.5. The van der Waals surface area contributed by atoms with Gasteiger partial charge in [-0.3, -0.25) is 9.10 Å². The molecular formula is C22H21Cl3N4O3S. The fourth-order valence-corrected chi connectivity index (χ4v) is 4.72. The number of aromatic nitrogens is 1. The molecule has 0 aliphatic carbocycles. The van der Waals surface area contributed by atoms with E-state index in [0.717, 1.165) is 33.2 Å². The van der Waals surface area contributed by atoms with Gasteiger partial charge in [0.05, 0.1) is 28.9 Å². The summed E-state index contributed by atoms with van der Waals surface area (Å²) < 4.78 is 27.3. The van der Waals surface area contributed by atoms with Gasteiger partial charge < -0.3 is 4.57 Å². The van der Waals surface area contributed by atoms with Crippen LogP contribution in [0.2, 0.25) is 15.1 Å². The van der Waals surface area contributed by atoms with Gasteiger partial charge in [0.2, 0.25) is 10.0 Å². The third-order valence-electron chi connectivity index (χ3n) is 4.80. The molecule has 1 amide bonds. The van der Waals surface area contributed by atoms with Crippen molar-refractivity contribution in [1.29, 1.82) is 0 Å². The predicted molar refractivity (Wildman–Crippen MR) is 135 cm³/mol. The number of hydrazone groups is 1. The van der Waals surface area contributed by atoms with Crippen LogP contribution in [0.25, 0.3) is 5.69 Å². The van der Waals surface area contributed by atoms with Crippen LogP contribution in [0.5, 0.6) is 0 Å². The Hall–Kier alpha value is -2.52. The summed E-state index contributed by atoms with van der Waals surface area (Å²) in [4.78, 5) is 12.4. The van der Waals surface area contributed by atoms with Gasteiger partial charge in [0, 0.05) is 27.0 Å². The molecule has 33 heavy (non-hydrogen) atoms. The normalized spacial score (nSPS) is 11.7. The lowest BCUT2D eigenvalue weighted by Gasteiger charge is -2.21. The Morgan fingerprint density at radius 3 is 2.45 bits per heavy atom. The molecule has 0 unspecified atom stereocenters. The number of rotatable bonds is 7. The Kier molecular flexibility index (Phi) is 7.74. The molecule has 1 N–H and O–H groups in total. The van der Waals surface area contributed by atoms with Gasteiger partial charge in [-0.15, -0.1) is 0 Å². The van der Waals surface area contributed by atoms with E-state index in [1.807, 2.05) is 24.5 Å². The van der Waals surface area contributed by atoms with Gasteiger partial charge in [-0.1, -0.05) is 40.9 Å². The van der Waals surface area contributed by atoms with E-state index < -0.39 is 22.5 Å². The average Bonchev–Trinajstić information content (AvgIpc) is 3.00. The van der Waals surface area contributed by atoms with E-state index >= 15 is 0 Å². The number of carbonyl (C=O) groups is 1. The summed E-state index contributed by atoms with van der Waals surface area (Å²) >= 11 is 18.4. The second-order valence-corrected chi connectivity index (χ2v) is 10.5. The topological polar surface area (TPSA) is 83.8 Å². The molecule has 3 rings (SSSR count). The first kappa shape index (κ1) is 25.1. The third-order valence-corrected chi connectivity index (χ3v) is 6.73. The largest absolute Gasteiger partial charge is 0.316 e. The zero-order chi connectivity index (χ0) is 24.3. The minimum absolute atomic E-state index is 0.283. The summed E-state index contributed by atoms with van der Waals surface area (Å²) in [6.07, 6.45) is 2.50. The molecule has 0 bridgehead atoms. The lowest BCUT2D eigenvalue weighted by Crippen LogP contribution is -2.39. The number of hydrogen-bond acceptors (Lipinski definition) is 4. The summed E-state index contributed by atoms with van der Waals surface area (Å²) in [5.74, 6) is -0.608. The van der Waals surface area contributed by atoms with Crippen LogP contribution in [0.15, 0.2) is 53.6 Å². The number of benzene rings is 2. The van der Waals surface area contributed by atoms with Crippen molar-refractivity contribution < 1.29 is 13.2 Å². The third kappa shape index (κ3) is 6.09. The smallest absolute Gasteiger partial charge is 0.260 e. The number of carbonyl (C=O) groups excluding carboxylic acids is 1. The van der Waals surface area contributed by atoms with Crippen LogP contribution in [-0.4, -0.2) is 37.9 Å². The molecule has 11 heteroatoms. The van der Waals surface area contributed by atoms with Crippen LogP contribution in [0, 0.1) is 13.8 Å². The Balaban J connectivity index is 1.77. The van der Waals surface area contributed by atoms with Gasteiger partial charge in [-0.05, 0) is 56.3 Å². The molecule has 3 aromatic rings. The number of nitrogens with one attached hydrogen (secondary N) is 1. The molecule has 0 radical (unpaired) electrons. The van der Waals surface area contributed by atoms with Gasteiger partial charge in [0.15, 0.2) is 0 Å². The Bertz CT molecular complexity index is 1340. The lowest BCUT2D eigenvalue weighted by molar-refractivity contribution is -0.119. The van der Waals surface area contributed by atoms with E-state index in [4.69, 9.17) is 34.8 Å². The molecule has 1 heterocycles. The number of halogens is 3. The molecule has 7 nitrogen and oxygen atoms in total. The van der Waals surface area contributed by atoms with Crippen LogP contribution in [-0.2, 0) is 14.8 Å². The zero-order valence-electron chi connectivity index (χ0n) is 18.0. The highest BCUT2D eigenvalue weighted by molar-refractivity contribution is 7.92. The van der Waals surface area contributed by atoms with Crippen LogP contribution in [0.3, 0.4) is 0 Å². The Labute approximate surface area is 207 Å². The molecule has 0 aliphatic heterocycles. The van der Waals surface area contributed by atoms with Gasteiger partial charge in [-0.25, -0.2) is 13.8 Å². The van der Waals surface area contributed by atoms with E-state index in [1.165, 1.54) is 12.3 Å². The van der Waals surface area contributed by atoms with Crippen molar-refractivity contribution in [3.63, 3.8) is 0 Å². The van der Waals surface area contributed by atoms with E-state index in [0.29, 0.717) is 15.1 Å².